The SMILES string of the molecule is CNc1c(C(C)=O)oc2ccccc12. The van der Waals surface area contributed by atoms with Crippen molar-refractivity contribution < 1.29 is 9.21 Å². The van der Waals surface area contributed by atoms with Crippen LogP contribution in [0.1, 0.15) is 17.5 Å². The van der Waals surface area contributed by atoms with Gasteiger partial charge in [-0.25, -0.2) is 0 Å². The molecule has 0 saturated heterocycles. The van der Waals surface area contributed by atoms with Crippen molar-refractivity contribution in [2.24, 2.45) is 0 Å². The Kier molecular flexibility index (Phi) is 2.00. The summed E-state index contributed by atoms with van der Waals surface area (Å²) in [6, 6.07) is 7.58. The minimum absolute atomic E-state index is 0.0643. The van der Waals surface area contributed by atoms with Gasteiger partial charge in [0.1, 0.15) is 5.58 Å². The molecule has 0 bridgehead atoms. The third-order valence-corrected chi connectivity index (χ3v) is 2.17. The van der Waals surface area contributed by atoms with Gasteiger partial charge in [0.2, 0.25) is 0 Å². The molecule has 1 heterocycles. The van der Waals surface area contributed by atoms with E-state index in [1.54, 1.807) is 7.05 Å². The van der Waals surface area contributed by atoms with Crippen molar-refractivity contribution in [3.63, 3.8) is 0 Å². The van der Waals surface area contributed by atoms with Gasteiger partial charge in [0.25, 0.3) is 0 Å². The Morgan fingerprint density at radius 1 is 1.36 bits per heavy atom. The smallest absolute Gasteiger partial charge is 0.197 e. The summed E-state index contributed by atoms with van der Waals surface area (Å²) in [5.74, 6) is 0.333. The van der Waals surface area contributed by atoms with E-state index in [4.69, 9.17) is 4.42 Å². The molecule has 0 atom stereocenters. The van der Waals surface area contributed by atoms with Crippen molar-refractivity contribution in [1.82, 2.24) is 0 Å². The van der Waals surface area contributed by atoms with E-state index in [0.29, 0.717) is 5.76 Å². The lowest BCUT2D eigenvalue weighted by atomic mass is 10.2. The van der Waals surface area contributed by atoms with E-state index in [2.05, 4.69) is 5.32 Å². The molecule has 0 saturated carbocycles. The van der Waals surface area contributed by atoms with Gasteiger partial charge >= 0.3 is 0 Å². The van der Waals surface area contributed by atoms with Crippen molar-refractivity contribution in [1.29, 1.82) is 0 Å². The molecule has 1 N–H and O–H groups in total. The Balaban J connectivity index is 2.78. The monoisotopic (exact) mass is 189 g/mol. The predicted octanol–water partition coefficient (Wildman–Crippen LogP) is 2.68. The molecule has 0 fully saturated rings. The topological polar surface area (TPSA) is 42.2 Å². The van der Waals surface area contributed by atoms with Gasteiger partial charge in [-0.1, -0.05) is 12.1 Å². The molecule has 14 heavy (non-hydrogen) atoms. The number of hydrogen-bond donors (Lipinski definition) is 1. The van der Waals surface area contributed by atoms with Gasteiger partial charge in [-0.3, -0.25) is 4.79 Å². The Hall–Kier alpha value is -1.77. The van der Waals surface area contributed by atoms with Crippen LogP contribution in [0.15, 0.2) is 28.7 Å². The molecule has 2 aromatic rings. The van der Waals surface area contributed by atoms with Crippen LogP contribution in [-0.4, -0.2) is 12.8 Å². The number of nitrogens with one attached hydrogen (secondary N) is 1. The number of carbonyl (C=O) groups is 1. The lowest BCUT2D eigenvalue weighted by molar-refractivity contribution is 0.0990. The van der Waals surface area contributed by atoms with E-state index >= 15 is 0 Å². The van der Waals surface area contributed by atoms with E-state index in [1.807, 2.05) is 24.3 Å². The Labute approximate surface area is 81.7 Å². The summed E-state index contributed by atoms with van der Waals surface area (Å²) in [5, 5.41) is 3.93. The summed E-state index contributed by atoms with van der Waals surface area (Å²) in [7, 11) is 1.78. The quantitative estimate of drug-likeness (QED) is 0.738. The summed E-state index contributed by atoms with van der Waals surface area (Å²) in [6.45, 7) is 1.50. The van der Waals surface area contributed by atoms with Crippen LogP contribution in [0.2, 0.25) is 0 Å². The van der Waals surface area contributed by atoms with Gasteiger partial charge < -0.3 is 9.73 Å². The number of anilines is 1. The standard InChI is InChI=1S/C11H11NO2/c1-7(13)11-10(12-2)8-5-3-4-6-9(8)14-11/h3-6,12H,1-2H3. The molecular formula is C11H11NO2. The number of ketones is 1. The number of furan rings is 1. The first-order valence-electron chi connectivity index (χ1n) is 4.44. The summed E-state index contributed by atoms with van der Waals surface area (Å²) < 4.78 is 5.44. The van der Waals surface area contributed by atoms with Crippen LogP contribution in [0.25, 0.3) is 11.0 Å². The van der Waals surface area contributed by atoms with Crippen molar-refractivity contribution >= 4 is 22.4 Å². The number of para-hydroxylation sites is 1. The lowest BCUT2D eigenvalue weighted by Gasteiger charge is -1.96. The fraction of sp³-hybridized carbons (Fsp3) is 0.182. The maximum Gasteiger partial charge on any atom is 0.197 e. The molecule has 0 unspecified atom stereocenters. The molecule has 3 nitrogen and oxygen atoms in total. The van der Waals surface area contributed by atoms with E-state index < -0.39 is 0 Å². The van der Waals surface area contributed by atoms with Crippen molar-refractivity contribution in [2.75, 3.05) is 12.4 Å². The van der Waals surface area contributed by atoms with Crippen LogP contribution in [0.3, 0.4) is 0 Å². The maximum atomic E-state index is 11.3. The third kappa shape index (κ3) is 1.18. The fourth-order valence-electron chi connectivity index (χ4n) is 1.54. The number of hydrogen-bond acceptors (Lipinski definition) is 3. The zero-order valence-electron chi connectivity index (χ0n) is 8.13. The molecule has 3 heteroatoms. The first kappa shape index (κ1) is 8.81. The van der Waals surface area contributed by atoms with E-state index in [1.165, 1.54) is 6.92 Å². The van der Waals surface area contributed by atoms with Crippen LogP contribution in [0.5, 0.6) is 0 Å². The summed E-state index contributed by atoms with van der Waals surface area (Å²) in [4.78, 5) is 11.3. The molecule has 0 radical (unpaired) electrons. The van der Waals surface area contributed by atoms with Gasteiger partial charge in [-0.15, -0.1) is 0 Å². The highest BCUT2D eigenvalue weighted by atomic mass is 16.3. The minimum atomic E-state index is -0.0643. The van der Waals surface area contributed by atoms with E-state index in [-0.39, 0.29) is 5.78 Å². The highest BCUT2D eigenvalue weighted by Gasteiger charge is 2.15. The number of benzene rings is 1. The van der Waals surface area contributed by atoms with E-state index in [0.717, 1.165) is 16.7 Å². The second-order valence-electron chi connectivity index (χ2n) is 3.11. The van der Waals surface area contributed by atoms with Gasteiger partial charge in [0, 0.05) is 19.4 Å². The summed E-state index contributed by atoms with van der Waals surface area (Å²) >= 11 is 0. The van der Waals surface area contributed by atoms with Crippen LogP contribution in [0.4, 0.5) is 5.69 Å². The second-order valence-corrected chi connectivity index (χ2v) is 3.11. The molecule has 1 aromatic heterocycles. The molecule has 0 amide bonds. The average molecular weight is 189 g/mol. The minimum Gasteiger partial charge on any atom is -0.451 e. The Bertz CT molecular complexity index is 485. The van der Waals surface area contributed by atoms with Crippen LogP contribution < -0.4 is 5.32 Å². The first-order chi connectivity index (χ1) is 6.74. The fourth-order valence-corrected chi connectivity index (χ4v) is 1.54. The second kappa shape index (κ2) is 3.18. The van der Waals surface area contributed by atoms with Crippen molar-refractivity contribution in [3.05, 3.63) is 30.0 Å². The van der Waals surface area contributed by atoms with Crippen LogP contribution in [-0.2, 0) is 0 Å². The highest BCUT2D eigenvalue weighted by molar-refractivity contribution is 6.06. The predicted molar refractivity (Wildman–Crippen MR) is 55.8 cm³/mol. The maximum absolute atomic E-state index is 11.3. The molecule has 1 aromatic carbocycles. The number of carbonyl (C=O) groups excluding carboxylic acids is 1. The van der Waals surface area contributed by atoms with Gasteiger partial charge in [-0.2, -0.15) is 0 Å². The first-order valence-corrected chi connectivity index (χ1v) is 4.44. The average Bonchev–Trinajstić information content (AvgIpc) is 2.56. The molecule has 2 rings (SSSR count). The van der Waals surface area contributed by atoms with Crippen LogP contribution in [0, 0.1) is 0 Å². The van der Waals surface area contributed by atoms with Gasteiger partial charge in [0.05, 0.1) is 5.69 Å². The molecular weight excluding hydrogens is 178 g/mol. The summed E-state index contributed by atoms with van der Waals surface area (Å²) in [6.07, 6.45) is 0. The van der Waals surface area contributed by atoms with Gasteiger partial charge in [0.15, 0.2) is 11.5 Å². The molecule has 0 aliphatic carbocycles. The number of Topliss-reactive ketones (excluding diaryl/α,β-unsaturated/α-hetero) is 1. The van der Waals surface area contributed by atoms with Crippen LogP contribution >= 0.6 is 0 Å². The number of fused-ring (bicyclic) bond motifs is 1. The zero-order valence-corrected chi connectivity index (χ0v) is 8.13. The third-order valence-electron chi connectivity index (χ3n) is 2.17. The van der Waals surface area contributed by atoms with Crippen molar-refractivity contribution in [2.45, 2.75) is 6.92 Å². The molecule has 0 spiro atoms. The normalized spacial score (nSPS) is 10.4. The Morgan fingerprint density at radius 3 is 2.71 bits per heavy atom. The largest absolute Gasteiger partial charge is 0.451 e. The molecule has 0 aliphatic heterocycles. The Morgan fingerprint density at radius 2 is 2.07 bits per heavy atom. The molecule has 0 aliphatic rings. The molecule has 72 valence electrons. The van der Waals surface area contributed by atoms with E-state index in [9.17, 15) is 4.79 Å². The highest BCUT2D eigenvalue weighted by Crippen LogP contribution is 2.30. The van der Waals surface area contributed by atoms with Crippen molar-refractivity contribution in [3.8, 4) is 0 Å². The number of rotatable bonds is 2. The van der Waals surface area contributed by atoms with Gasteiger partial charge in [-0.05, 0) is 12.1 Å². The summed E-state index contributed by atoms with van der Waals surface area (Å²) in [5.41, 5.74) is 1.51. The lowest BCUT2D eigenvalue weighted by Crippen LogP contribution is -1.96. The zero-order chi connectivity index (χ0) is 10.1.